The number of carboxylic acids is 1. The molecule has 0 aliphatic heterocycles. The van der Waals surface area contributed by atoms with Gasteiger partial charge in [0.2, 0.25) is 5.91 Å². The number of aliphatic carboxylic acids is 1. The van der Waals surface area contributed by atoms with E-state index in [-0.39, 0.29) is 18.4 Å². The Morgan fingerprint density at radius 1 is 1.36 bits per heavy atom. The quantitative estimate of drug-likeness (QED) is 0.569. The molecular formula is C9H18N2O3. The molecule has 0 aromatic rings. The first-order valence-electron chi connectivity index (χ1n) is 4.79. The van der Waals surface area contributed by atoms with Crippen molar-refractivity contribution in [1.82, 2.24) is 5.32 Å². The van der Waals surface area contributed by atoms with E-state index in [1.165, 1.54) is 0 Å². The molecule has 0 radical (unpaired) electrons. The van der Waals surface area contributed by atoms with Crippen LogP contribution in [0.4, 0.5) is 0 Å². The number of carbonyl (C=O) groups is 2. The van der Waals surface area contributed by atoms with Crippen LogP contribution in [-0.2, 0) is 9.59 Å². The van der Waals surface area contributed by atoms with Crippen molar-refractivity contribution < 1.29 is 14.7 Å². The standard InChI is InChI=1S/C9H18N2O3/c1-3-6(5-8(12)13)11-9(14)7(10)4-2/h6-7H,3-5,10H2,1-2H3,(H,11,14)(H,12,13)/t6?,7-/m0/s1. The molecule has 82 valence electrons. The van der Waals surface area contributed by atoms with E-state index in [1.807, 2.05) is 13.8 Å². The highest BCUT2D eigenvalue weighted by atomic mass is 16.4. The summed E-state index contributed by atoms with van der Waals surface area (Å²) in [5.74, 6) is -1.19. The topological polar surface area (TPSA) is 92.4 Å². The summed E-state index contributed by atoms with van der Waals surface area (Å²) in [6.45, 7) is 3.63. The lowest BCUT2D eigenvalue weighted by molar-refractivity contribution is -0.137. The summed E-state index contributed by atoms with van der Waals surface area (Å²) in [6.07, 6.45) is 1.09. The zero-order valence-corrected chi connectivity index (χ0v) is 8.62. The smallest absolute Gasteiger partial charge is 0.305 e. The van der Waals surface area contributed by atoms with Crippen LogP contribution in [0.5, 0.6) is 0 Å². The highest BCUT2D eigenvalue weighted by molar-refractivity contribution is 5.82. The zero-order chi connectivity index (χ0) is 11.1. The number of hydrogen-bond donors (Lipinski definition) is 3. The lowest BCUT2D eigenvalue weighted by atomic mass is 10.1. The molecule has 0 spiro atoms. The number of hydrogen-bond acceptors (Lipinski definition) is 3. The second-order valence-electron chi connectivity index (χ2n) is 3.23. The fourth-order valence-corrected chi connectivity index (χ4v) is 1.00. The summed E-state index contributed by atoms with van der Waals surface area (Å²) >= 11 is 0. The minimum atomic E-state index is -0.915. The molecule has 0 rings (SSSR count). The van der Waals surface area contributed by atoms with E-state index in [2.05, 4.69) is 5.32 Å². The zero-order valence-electron chi connectivity index (χ0n) is 8.62. The number of rotatable bonds is 6. The van der Waals surface area contributed by atoms with Crippen LogP contribution in [0.1, 0.15) is 33.1 Å². The Morgan fingerprint density at radius 2 is 1.93 bits per heavy atom. The van der Waals surface area contributed by atoms with Gasteiger partial charge in [0.15, 0.2) is 0 Å². The molecule has 0 aliphatic rings. The van der Waals surface area contributed by atoms with Crippen molar-refractivity contribution in [3.63, 3.8) is 0 Å². The molecule has 0 aromatic carbocycles. The number of nitrogens with two attached hydrogens (primary N) is 1. The molecular weight excluding hydrogens is 184 g/mol. The molecule has 0 saturated heterocycles. The molecule has 5 nitrogen and oxygen atoms in total. The summed E-state index contributed by atoms with van der Waals surface area (Å²) in [7, 11) is 0. The SMILES string of the molecule is CCC(CC(=O)O)NC(=O)[C@@H](N)CC. The fourth-order valence-electron chi connectivity index (χ4n) is 1.00. The number of amides is 1. The van der Waals surface area contributed by atoms with Crippen LogP contribution >= 0.6 is 0 Å². The van der Waals surface area contributed by atoms with Crippen molar-refractivity contribution in [3.05, 3.63) is 0 Å². The molecule has 4 N–H and O–H groups in total. The van der Waals surface area contributed by atoms with Gasteiger partial charge in [-0.25, -0.2) is 0 Å². The maximum atomic E-state index is 11.3. The van der Waals surface area contributed by atoms with Crippen molar-refractivity contribution in [2.24, 2.45) is 5.73 Å². The van der Waals surface area contributed by atoms with Crippen LogP contribution < -0.4 is 11.1 Å². The molecule has 0 fully saturated rings. The predicted molar refractivity (Wildman–Crippen MR) is 52.7 cm³/mol. The third kappa shape index (κ3) is 4.81. The van der Waals surface area contributed by atoms with E-state index in [9.17, 15) is 9.59 Å². The maximum Gasteiger partial charge on any atom is 0.305 e. The minimum absolute atomic E-state index is 0.0569. The van der Waals surface area contributed by atoms with Gasteiger partial charge in [-0.2, -0.15) is 0 Å². The number of nitrogens with one attached hydrogen (secondary N) is 1. The lowest BCUT2D eigenvalue weighted by Crippen LogP contribution is -2.45. The summed E-state index contributed by atoms with van der Waals surface area (Å²) in [6, 6.07) is -0.865. The maximum absolute atomic E-state index is 11.3. The van der Waals surface area contributed by atoms with Crippen LogP contribution in [0, 0.1) is 0 Å². The van der Waals surface area contributed by atoms with Gasteiger partial charge in [0.1, 0.15) is 0 Å². The average Bonchev–Trinajstić information content (AvgIpc) is 2.14. The van der Waals surface area contributed by atoms with E-state index in [4.69, 9.17) is 10.8 Å². The highest BCUT2D eigenvalue weighted by Crippen LogP contribution is 1.98. The van der Waals surface area contributed by atoms with Crippen molar-refractivity contribution >= 4 is 11.9 Å². The van der Waals surface area contributed by atoms with Gasteiger partial charge in [-0.15, -0.1) is 0 Å². The van der Waals surface area contributed by atoms with Gasteiger partial charge >= 0.3 is 5.97 Å². The van der Waals surface area contributed by atoms with E-state index < -0.39 is 12.0 Å². The van der Waals surface area contributed by atoms with Crippen LogP contribution in [0.2, 0.25) is 0 Å². The fraction of sp³-hybridized carbons (Fsp3) is 0.778. The second kappa shape index (κ2) is 6.37. The van der Waals surface area contributed by atoms with E-state index in [0.717, 1.165) is 0 Å². The Labute approximate surface area is 83.7 Å². The van der Waals surface area contributed by atoms with Crippen LogP contribution in [0.25, 0.3) is 0 Å². The highest BCUT2D eigenvalue weighted by Gasteiger charge is 2.17. The summed E-state index contributed by atoms with van der Waals surface area (Å²) in [5, 5.41) is 11.1. The van der Waals surface area contributed by atoms with Gasteiger partial charge in [-0.05, 0) is 12.8 Å². The Balaban J connectivity index is 4.04. The predicted octanol–water partition coefficient (Wildman–Crippen LogP) is 0.0932. The van der Waals surface area contributed by atoms with Gasteiger partial charge < -0.3 is 16.2 Å². The van der Waals surface area contributed by atoms with Crippen molar-refractivity contribution in [2.45, 2.75) is 45.2 Å². The Hall–Kier alpha value is -1.10. The van der Waals surface area contributed by atoms with Crippen LogP contribution in [0.3, 0.4) is 0 Å². The Kier molecular flexibility index (Phi) is 5.87. The van der Waals surface area contributed by atoms with E-state index in [1.54, 1.807) is 0 Å². The van der Waals surface area contributed by atoms with E-state index >= 15 is 0 Å². The van der Waals surface area contributed by atoms with Gasteiger partial charge in [-0.3, -0.25) is 9.59 Å². The van der Waals surface area contributed by atoms with Gasteiger partial charge in [0.05, 0.1) is 12.5 Å². The molecule has 0 heterocycles. The largest absolute Gasteiger partial charge is 0.481 e. The molecule has 0 bridgehead atoms. The van der Waals surface area contributed by atoms with Gasteiger partial charge in [-0.1, -0.05) is 13.8 Å². The molecule has 1 unspecified atom stereocenters. The average molecular weight is 202 g/mol. The van der Waals surface area contributed by atoms with Crippen LogP contribution in [0.15, 0.2) is 0 Å². The van der Waals surface area contributed by atoms with Gasteiger partial charge in [0, 0.05) is 6.04 Å². The molecule has 0 aliphatic carbocycles. The number of carbonyl (C=O) groups excluding carboxylic acids is 1. The molecule has 5 heteroatoms. The molecule has 2 atom stereocenters. The normalized spacial score (nSPS) is 14.5. The lowest BCUT2D eigenvalue weighted by Gasteiger charge is -2.17. The van der Waals surface area contributed by atoms with Gasteiger partial charge in [0.25, 0.3) is 0 Å². The molecule has 0 aromatic heterocycles. The van der Waals surface area contributed by atoms with Crippen molar-refractivity contribution in [1.29, 1.82) is 0 Å². The molecule has 0 saturated carbocycles. The Morgan fingerprint density at radius 3 is 2.29 bits per heavy atom. The van der Waals surface area contributed by atoms with Crippen molar-refractivity contribution in [3.8, 4) is 0 Å². The Bertz CT molecular complexity index is 206. The minimum Gasteiger partial charge on any atom is -0.481 e. The van der Waals surface area contributed by atoms with E-state index in [0.29, 0.717) is 12.8 Å². The summed E-state index contributed by atoms with van der Waals surface area (Å²) < 4.78 is 0. The monoisotopic (exact) mass is 202 g/mol. The first kappa shape index (κ1) is 12.9. The third-order valence-corrected chi connectivity index (χ3v) is 2.04. The number of carboxylic acid groups (broad SMARTS) is 1. The molecule has 14 heavy (non-hydrogen) atoms. The molecule has 1 amide bonds. The summed E-state index contributed by atoms with van der Waals surface area (Å²) in [5.41, 5.74) is 5.49. The first-order valence-corrected chi connectivity index (χ1v) is 4.79. The first-order chi connectivity index (χ1) is 6.51. The van der Waals surface area contributed by atoms with Crippen LogP contribution in [-0.4, -0.2) is 29.1 Å². The third-order valence-electron chi connectivity index (χ3n) is 2.04. The summed E-state index contributed by atoms with van der Waals surface area (Å²) in [4.78, 5) is 21.7. The second-order valence-corrected chi connectivity index (χ2v) is 3.23. The van der Waals surface area contributed by atoms with Crippen molar-refractivity contribution in [2.75, 3.05) is 0 Å².